The second kappa shape index (κ2) is 6.04. The number of hydrogen-bond acceptors (Lipinski definition) is 2. The Bertz CT molecular complexity index is 257. The van der Waals surface area contributed by atoms with Crippen molar-refractivity contribution in [2.75, 3.05) is 6.61 Å². The molecule has 0 radical (unpaired) electrons. The summed E-state index contributed by atoms with van der Waals surface area (Å²) in [5, 5.41) is 3.04. The van der Waals surface area contributed by atoms with Crippen LogP contribution in [0.4, 0.5) is 0 Å². The van der Waals surface area contributed by atoms with E-state index in [4.69, 9.17) is 4.74 Å². The van der Waals surface area contributed by atoms with E-state index in [0.717, 1.165) is 32.3 Å². The molecule has 0 spiro atoms. The molecule has 1 amide bonds. The number of amides is 1. The number of allylic oxidation sites excluding steroid dienone is 1. The van der Waals surface area contributed by atoms with Crippen LogP contribution >= 0.6 is 0 Å². The van der Waals surface area contributed by atoms with Gasteiger partial charge < -0.3 is 10.1 Å². The molecule has 0 aromatic rings. The Balaban J connectivity index is 2.53. The summed E-state index contributed by atoms with van der Waals surface area (Å²) in [6, 6.07) is 0.261. The van der Waals surface area contributed by atoms with Gasteiger partial charge in [-0.2, -0.15) is 0 Å². The first-order valence-electron chi connectivity index (χ1n) is 6.23. The largest absolute Gasteiger partial charge is 0.375 e. The van der Waals surface area contributed by atoms with Gasteiger partial charge in [-0.1, -0.05) is 19.9 Å². The minimum atomic E-state index is -0.0217. The predicted molar refractivity (Wildman–Crippen MR) is 65.2 cm³/mol. The Morgan fingerprint density at radius 3 is 2.75 bits per heavy atom. The SMILES string of the molecule is C/C=C/C(=O)NC1CCOC(CC)(CC)C1. The standard InChI is InChI=1S/C13H23NO2/c1-4-7-12(15)14-11-8-9-16-13(5-2,6-3)10-11/h4,7,11H,5-6,8-10H2,1-3H3,(H,14,15)/b7-4+. The van der Waals surface area contributed by atoms with Crippen molar-refractivity contribution in [3.05, 3.63) is 12.2 Å². The number of carbonyl (C=O) groups is 1. The molecule has 0 saturated carbocycles. The third-order valence-electron chi connectivity index (χ3n) is 3.45. The minimum absolute atomic E-state index is 0.00973. The molecule has 1 aliphatic heterocycles. The van der Waals surface area contributed by atoms with E-state index in [1.54, 1.807) is 12.2 Å². The Morgan fingerprint density at radius 2 is 2.19 bits per heavy atom. The lowest BCUT2D eigenvalue weighted by atomic mass is 9.86. The van der Waals surface area contributed by atoms with Crippen LogP contribution in [0, 0.1) is 0 Å². The molecule has 1 rings (SSSR count). The van der Waals surface area contributed by atoms with Gasteiger partial charge in [0.2, 0.25) is 5.91 Å². The van der Waals surface area contributed by atoms with Gasteiger partial charge >= 0.3 is 0 Å². The van der Waals surface area contributed by atoms with Crippen molar-refractivity contribution in [3.63, 3.8) is 0 Å². The molecule has 3 nitrogen and oxygen atoms in total. The van der Waals surface area contributed by atoms with Gasteiger partial charge in [-0.25, -0.2) is 0 Å². The molecule has 16 heavy (non-hydrogen) atoms. The van der Waals surface area contributed by atoms with Gasteiger partial charge in [0.1, 0.15) is 0 Å². The minimum Gasteiger partial charge on any atom is -0.375 e. The van der Waals surface area contributed by atoms with E-state index in [-0.39, 0.29) is 17.6 Å². The summed E-state index contributed by atoms with van der Waals surface area (Å²) in [5.74, 6) is 0.00973. The predicted octanol–water partition coefficient (Wildman–Crippen LogP) is 2.42. The molecule has 1 atom stereocenters. The molecule has 1 saturated heterocycles. The molecule has 1 N–H and O–H groups in total. The highest BCUT2D eigenvalue weighted by atomic mass is 16.5. The zero-order chi connectivity index (χ0) is 12.0. The van der Waals surface area contributed by atoms with Crippen LogP contribution in [0.2, 0.25) is 0 Å². The van der Waals surface area contributed by atoms with Crippen molar-refractivity contribution in [1.29, 1.82) is 0 Å². The molecular weight excluding hydrogens is 202 g/mol. The van der Waals surface area contributed by atoms with Crippen molar-refractivity contribution in [3.8, 4) is 0 Å². The van der Waals surface area contributed by atoms with Crippen LogP contribution in [0.1, 0.15) is 46.5 Å². The topological polar surface area (TPSA) is 38.3 Å². The first-order valence-corrected chi connectivity index (χ1v) is 6.23. The molecule has 3 heteroatoms. The van der Waals surface area contributed by atoms with Gasteiger partial charge in [-0.3, -0.25) is 4.79 Å². The molecule has 1 fully saturated rings. The van der Waals surface area contributed by atoms with Crippen LogP contribution in [0.3, 0.4) is 0 Å². The first-order chi connectivity index (χ1) is 7.65. The van der Waals surface area contributed by atoms with E-state index in [2.05, 4.69) is 19.2 Å². The zero-order valence-corrected chi connectivity index (χ0v) is 10.6. The molecule has 0 aromatic carbocycles. The maximum Gasteiger partial charge on any atom is 0.243 e. The molecule has 0 aliphatic carbocycles. The lowest BCUT2D eigenvalue weighted by Gasteiger charge is -2.40. The highest BCUT2D eigenvalue weighted by Crippen LogP contribution is 2.31. The Kier molecular flexibility index (Phi) is 5.00. The second-order valence-corrected chi connectivity index (χ2v) is 4.44. The Morgan fingerprint density at radius 1 is 1.50 bits per heavy atom. The average molecular weight is 225 g/mol. The second-order valence-electron chi connectivity index (χ2n) is 4.44. The van der Waals surface area contributed by atoms with E-state index in [0.29, 0.717) is 0 Å². The summed E-state index contributed by atoms with van der Waals surface area (Å²) in [6.45, 7) is 6.91. The Labute approximate surface area is 98.2 Å². The first kappa shape index (κ1) is 13.2. The molecular formula is C13H23NO2. The molecule has 0 bridgehead atoms. The van der Waals surface area contributed by atoms with Crippen LogP contribution in [0.15, 0.2) is 12.2 Å². The fraction of sp³-hybridized carbons (Fsp3) is 0.769. The summed E-state index contributed by atoms with van der Waals surface area (Å²) in [6.07, 6.45) is 7.23. The van der Waals surface area contributed by atoms with Crippen molar-refractivity contribution in [1.82, 2.24) is 5.32 Å². The van der Waals surface area contributed by atoms with E-state index in [9.17, 15) is 4.79 Å². The smallest absolute Gasteiger partial charge is 0.243 e. The van der Waals surface area contributed by atoms with Gasteiger partial charge in [0.15, 0.2) is 0 Å². The fourth-order valence-corrected chi connectivity index (χ4v) is 2.29. The third-order valence-corrected chi connectivity index (χ3v) is 3.45. The average Bonchev–Trinajstić information content (AvgIpc) is 2.29. The Hall–Kier alpha value is -0.830. The van der Waals surface area contributed by atoms with Crippen LogP contribution in [-0.2, 0) is 9.53 Å². The summed E-state index contributed by atoms with van der Waals surface area (Å²) in [4.78, 5) is 11.5. The summed E-state index contributed by atoms with van der Waals surface area (Å²) < 4.78 is 5.87. The maximum atomic E-state index is 11.5. The van der Waals surface area contributed by atoms with Crippen LogP contribution < -0.4 is 5.32 Å². The van der Waals surface area contributed by atoms with Gasteiger partial charge in [-0.05, 0) is 38.7 Å². The summed E-state index contributed by atoms with van der Waals surface area (Å²) in [7, 11) is 0. The summed E-state index contributed by atoms with van der Waals surface area (Å²) >= 11 is 0. The van der Waals surface area contributed by atoms with E-state index >= 15 is 0 Å². The lowest BCUT2D eigenvalue weighted by molar-refractivity contribution is -0.121. The highest BCUT2D eigenvalue weighted by Gasteiger charge is 2.34. The quantitative estimate of drug-likeness (QED) is 0.746. The van der Waals surface area contributed by atoms with Crippen molar-refractivity contribution in [2.45, 2.75) is 58.1 Å². The maximum absolute atomic E-state index is 11.5. The molecule has 92 valence electrons. The molecule has 0 aromatic heterocycles. The van der Waals surface area contributed by atoms with Crippen molar-refractivity contribution in [2.24, 2.45) is 0 Å². The van der Waals surface area contributed by atoms with Crippen LogP contribution in [0.25, 0.3) is 0 Å². The lowest BCUT2D eigenvalue weighted by Crippen LogP contribution is -2.47. The molecule has 1 aliphatic rings. The monoisotopic (exact) mass is 225 g/mol. The summed E-state index contributed by atoms with van der Waals surface area (Å²) in [5.41, 5.74) is -0.0217. The number of rotatable bonds is 4. The number of nitrogens with one attached hydrogen (secondary N) is 1. The van der Waals surface area contributed by atoms with Crippen LogP contribution in [-0.4, -0.2) is 24.2 Å². The van der Waals surface area contributed by atoms with Gasteiger partial charge in [0, 0.05) is 12.6 Å². The highest BCUT2D eigenvalue weighted by molar-refractivity contribution is 5.87. The number of carbonyl (C=O) groups excluding carboxylic acids is 1. The van der Waals surface area contributed by atoms with Gasteiger partial charge in [0.05, 0.1) is 5.60 Å². The van der Waals surface area contributed by atoms with E-state index in [1.165, 1.54) is 0 Å². The normalized spacial score (nSPS) is 24.6. The van der Waals surface area contributed by atoms with Crippen molar-refractivity contribution < 1.29 is 9.53 Å². The number of ether oxygens (including phenoxy) is 1. The number of hydrogen-bond donors (Lipinski definition) is 1. The van der Waals surface area contributed by atoms with E-state index < -0.39 is 0 Å². The van der Waals surface area contributed by atoms with Gasteiger partial charge in [-0.15, -0.1) is 0 Å². The molecule has 1 heterocycles. The molecule has 1 unspecified atom stereocenters. The fourth-order valence-electron chi connectivity index (χ4n) is 2.29. The van der Waals surface area contributed by atoms with Crippen molar-refractivity contribution >= 4 is 5.91 Å². The van der Waals surface area contributed by atoms with Crippen LogP contribution in [0.5, 0.6) is 0 Å². The zero-order valence-electron chi connectivity index (χ0n) is 10.6. The van der Waals surface area contributed by atoms with E-state index in [1.807, 2.05) is 6.92 Å². The third kappa shape index (κ3) is 3.34. The van der Waals surface area contributed by atoms with Gasteiger partial charge in [0.25, 0.3) is 0 Å².